The maximum absolute atomic E-state index is 4.55. The molecule has 2 nitrogen and oxygen atoms in total. The van der Waals surface area contributed by atoms with Gasteiger partial charge in [-0.15, -0.1) is 0 Å². The minimum Gasteiger partial charge on any atom is -0.342 e. The number of fused-ring (bicyclic) bond motifs is 1. The zero-order valence-corrected chi connectivity index (χ0v) is 12.4. The molecule has 0 fully saturated rings. The Morgan fingerprint density at radius 2 is 1.41 bits per heavy atom. The van der Waals surface area contributed by atoms with E-state index in [0.29, 0.717) is 0 Å². The molecule has 0 aliphatic heterocycles. The highest BCUT2D eigenvalue weighted by atomic mass is 15.0. The van der Waals surface area contributed by atoms with Crippen LogP contribution in [-0.4, -0.2) is 9.55 Å². The second-order valence-electron chi connectivity index (χ2n) is 5.41. The molecule has 0 amide bonds. The molecule has 0 bridgehead atoms. The minimum absolute atomic E-state index is 1.03. The van der Waals surface area contributed by atoms with E-state index in [1.165, 1.54) is 27.9 Å². The number of nitrogens with zero attached hydrogens (tertiary/aromatic N) is 2. The molecule has 0 saturated carbocycles. The smallest absolute Gasteiger partial charge is 0.0893 e. The van der Waals surface area contributed by atoms with Crippen LogP contribution in [0.1, 0.15) is 0 Å². The molecule has 22 heavy (non-hydrogen) atoms. The molecule has 2 aromatic carbocycles. The zero-order valence-electron chi connectivity index (χ0n) is 12.4. The molecule has 0 spiro atoms. The Balaban J connectivity index is 2.00. The highest BCUT2D eigenvalue weighted by Gasteiger charge is 2.12. The molecule has 0 aliphatic carbocycles. The lowest BCUT2D eigenvalue weighted by atomic mass is 10.1. The van der Waals surface area contributed by atoms with Crippen molar-refractivity contribution in [1.29, 1.82) is 0 Å². The van der Waals surface area contributed by atoms with Crippen LogP contribution in [0, 0.1) is 0 Å². The number of rotatable bonds is 2. The molecule has 2 heterocycles. The number of hydrogen-bond acceptors (Lipinski definition) is 1. The van der Waals surface area contributed by atoms with Gasteiger partial charge in [-0.1, -0.05) is 60.7 Å². The Morgan fingerprint density at radius 1 is 0.773 bits per heavy atom. The van der Waals surface area contributed by atoms with Crippen molar-refractivity contribution >= 4 is 11.0 Å². The normalized spacial score (nSPS) is 11.0. The molecule has 0 radical (unpaired) electrons. The quantitative estimate of drug-likeness (QED) is 0.511. The first-order chi connectivity index (χ1) is 10.8. The van der Waals surface area contributed by atoms with Gasteiger partial charge in [0, 0.05) is 18.8 Å². The molecular weight excluding hydrogens is 268 g/mol. The SMILES string of the molecule is Cn1c(-c2ccccc2)cc2nccc(-c3ccccc3)c21. The number of pyridine rings is 1. The lowest BCUT2D eigenvalue weighted by Gasteiger charge is -2.08. The van der Waals surface area contributed by atoms with Crippen molar-refractivity contribution in [1.82, 2.24) is 9.55 Å². The summed E-state index contributed by atoms with van der Waals surface area (Å²) in [5, 5.41) is 0. The molecule has 4 aromatic rings. The van der Waals surface area contributed by atoms with Crippen LogP contribution in [0.25, 0.3) is 33.4 Å². The lowest BCUT2D eigenvalue weighted by molar-refractivity contribution is 0.978. The highest BCUT2D eigenvalue weighted by molar-refractivity contribution is 5.95. The summed E-state index contributed by atoms with van der Waals surface area (Å²) < 4.78 is 2.24. The van der Waals surface area contributed by atoms with Crippen molar-refractivity contribution in [3.8, 4) is 22.4 Å². The van der Waals surface area contributed by atoms with Gasteiger partial charge in [0.05, 0.1) is 16.7 Å². The average Bonchev–Trinajstić information content (AvgIpc) is 2.94. The lowest BCUT2D eigenvalue weighted by Crippen LogP contribution is -1.93. The topological polar surface area (TPSA) is 17.8 Å². The van der Waals surface area contributed by atoms with Crippen LogP contribution in [0.2, 0.25) is 0 Å². The summed E-state index contributed by atoms with van der Waals surface area (Å²) in [7, 11) is 2.11. The molecule has 0 atom stereocenters. The van der Waals surface area contributed by atoms with Crippen molar-refractivity contribution < 1.29 is 0 Å². The summed E-state index contributed by atoms with van der Waals surface area (Å²) in [4.78, 5) is 4.55. The molecule has 4 rings (SSSR count). The molecule has 2 heteroatoms. The van der Waals surface area contributed by atoms with Gasteiger partial charge in [-0.05, 0) is 23.3 Å². The first-order valence-corrected chi connectivity index (χ1v) is 7.40. The van der Waals surface area contributed by atoms with Gasteiger partial charge in [-0.3, -0.25) is 4.98 Å². The van der Waals surface area contributed by atoms with Crippen molar-refractivity contribution in [2.45, 2.75) is 0 Å². The summed E-state index contributed by atoms with van der Waals surface area (Å²) in [5.41, 5.74) is 7.04. The van der Waals surface area contributed by atoms with E-state index < -0.39 is 0 Å². The summed E-state index contributed by atoms with van der Waals surface area (Å²) in [5.74, 6) is 0. The van der Waals surface area contributed by atoms with Gasteiger partial charge in [0.2, 0.25) is 0 Å². The fourth-order valence-electron chi connectivity index (χ4n) is 3.01. The Bertz CT molecular complexity index is 922. The van der Waals surface area contributed by atoms with E-state index in [-0.39, 0.29) is 0 Å². The molecule has 106 valence electrons. The van der Waals surface area contributed by atoms with Crippen molar-refractivity contribution in [2.75, 3.05) is 0 Å². The predicted molar refractivity (Wildman–Crippen MR) is 91.6 cm³/mol. The molecule has 0 N–H and O–H groups in total. The molecule has 0 unspecified atom stereocenters. The van der Waals surface area contributed by atoms with E-state index in [1.807, 2.05) is 18.3 Å². The standard InChI is InChI=1S/C20H16N2/c1-22-19(16-10-6-3-7-11-16)14-18-20(22)17(12-13-21-18)15-8-4-2-5-9-15/h2-14H,1H3. The van der Waals surface area contributed by atoms with E-state index in [9.17, 15) is 0 Å². The van der Waals surface area contributed by atoms with Gasteiger partial charge in [-0.2, -0.15) is 0 Å². The summed E-state index contributed by atoms with van der Waals surface area (Å²) in [6, 6.07) is 25.2. The monoisotopic (exact) mass is 284 g/mol. The van der Waals surface area contributed by atoms with E-state index >= 15 is 0 Å². The van der Waals surface area contributed by atoms with Crippen molar-refractivity contribution in [3.63, 3.8) is 0 Å². The second-order valence-corrected chi connectivity index (χ2v) is 5.41. The maximum atomic E-state index is 4.55. The van der Waals surface area contributed by atoms with Gasteiger partial charge in [-0.25, -0.2) is 0 Å². The third-order valence-electron chi connectivity index (χ3n) is 4.08. The van der Waals surface area contributed by atoms with Crippen LogP contribution in [0.15, 0.2) is 79.0 Å². The van der Waals surface area contributed by atoms with E-state index in [4.69, 9.17) is 0 Å². The summed E-state index contributed by atoms with van der Waals surface area (Å²) in [6.07, 6.45) is 1.89. The van der Waals surface area contributed by atoms with E-state index in [0.717, 1.165) is 5.52 Å². The minimum atomic E-state index is 1.03. The second kappa shape index (κ2) is 5.15. The van der Waals surface area contributed by atoms with Crippen LogP contribution < -0.4 is 0 Å². The molecule has 0 aliphatic rings. The van der Waals surface area contributed by atoms with Crippen molar-refractivity contribution in [3.05, 3.63) is 79.0 Å². The van der Waals surface area contributed by atoms with E-state index in [2.05, 4.69) is 77.3 Å². The Hall–Kier alpha value is -2.87. The Labute approximate surface area is 129 Å². The number of aryl methyl sites for hydroxylation is 1. The van der Waals surface area contributed by atoms with Crippen LogP contribution in [0.5, 0.6) is 0 Å². The summed E-state index contributed by atoms with van der Waals surface area (Å²) in [6.45, 7) is 0. The number of aromatic nitrogens is 2. The largest absolute Gasteiger partial charge is 0.342 e. The summed E-state index contributed by atoms with van der Waals surface area (Å²) >= 11 is 0. The number of hydrogen-bond donors (Lipinski definition) is 0. The molecular formula is C20H16N2. The average molecular weight is 284 g/mol. The van der Waals surface area contributed by atoms with Crippen LogP contribution in [-0.2, 0) is 7.05 Å². The van der Waals surface area contributed by atoms with Crippen molar-refractivity contribution in [2.24, 2.45) is 7.05 Å². The molecule has 0 saturated heterocycles. The first-order valence-electron chi connectivity index (χ1n) is 7.40. The van der Waals surface area contributed by atoms with Crippen LogP contribution >= 0.6 is 0 Å². The van der Waals surface area contributed by atoms with Gasteiger partial charge in [0.15, 0.2) is 0 Å². The highest BCUT2D eigenvalue weighted by Crippen LogP contribution is 2.32. The van der Waals surface area contributed by atoms with Crippen LogP contribution in [0.3, 0.4) is 0 Å². The predicted octanol–water partition coefficient (Wildman–Crippen LogP) is 4.91. The van der Waals surface area contributed by atoms with Crippen LogP contribution in [0.4, 0.5) is 0 Å². The zero-order chi connectivity index (χ0) is 14.9. The fraction of sp³-hybridized carbons (Fsp3) is 0.0500. The van der Waals surface area contributed by atoms with Gasteiger partial charge in [0.25, 0.3) is 0 Å². The first kappa shape index (κ1) is 12.8. The fourth-order valence-corrected chi connectivity index (χ4v) is 3.01. The Kier molecular flexibility index (Phi) is 3.01. The molecule has 2 aromatic heterocycles. The number of benzene rings is 2. The Morgan fingerprint density at radius 3 is 2.09 bits per heavy atom. The maximum Gasteiger partial charge on any atom is 0.0893 e. The van der Waals surface area contributed by atoms with Gasteiger partial charge < -0.3 is 4.57 Å². The van der Waals surface area contributed by atoms with E-state index in [1.54, 1.807) is 0 Å². The third-order valence-corrected chi connectivity index (χ3v) is 4.08. The third kappa shape index (κ3) is 2.01. The van der Waals surface area contributed by atoms with Gasteiger partial charge >= 0.3 is 0 Å². The van der Waals surface area contributed by atoms with Gasteiger partial charge in [0.1, 0.15) is 0 Å².